The van der Waals surface area contributed by atoms with Crippen molar-refractivity contribution in [1.82, 2.24) is 9.55 Å². The number of nitrogens with zero attached hydrogens (tertiary/aromatic N) is 2. The third kappa shape index (κ3) is 4.46. The summed E-state index contributed by atoms with van der Waals surface area (Å²) < 4.78 is 1.67. The lowest BCUT2D eigenvalue weighted by Crippen LogP contribution is -2.29. The Balaban J connectivity index is 1.93. The number of benzene rings is 2. The normalized spacial score (nSPS) is 13.1. The molecule has 0 bridgehead atoms. The van der Waals surface area contributed by atoms with Crippen molar-refractivity contribution in [3.63, 3.8) is 0 Å². The number of hydrogen-bond donors (Lipinski definition) is 1. The molecule has 6 nitrogen and oxygen atoms in total. The zero-order valence-electron chi connectivity index (χ0n) is 17.5. The topological polar surface area (TPSA) is 81.1 Å². The highest BCUT2D eigenvalue weighted by atomic mass is 32.2. The summed E-state index contributed by atoms with van der Waals surface area (Å²) in [5.74, 6) is -0.375. The molecule has 1 N–H and O–H groups in total. The molecule has 1 heterocycles. The Kier molecular flexibility index (Phi) is 6.72. The highest BCUT2D eigenvalue weighted by molar-refractivity contribution is 8.00. The maximum absolute atomic E-state index is 13.1. The van der Waals surface area contributed by atoms with Crippen LogP contribution in [0.3, 0.4) is 0 Å². The van der Waals surface area contributed by atoms with Crippen LogP contribution in [0.4, 0.5) is 5.69 Å². The van der Waals surface area contributed by atoms with Gasteiger partial charge in [-0.05, 0) is 51.5 Å². The summed E-state index contributed by atoms with van der Waals surface area (Å²) in [5.41, 5.74) is 1.45. The van der Waals surface area contributed by atoms with Gasteiger partial charge in [0.1, 0.15) is 0 Å². The van der Waals surface area contributed by atoms with Gasteiger partial charge in [-0.2, -0.15) is 0 Å². The van der Waals surface area contributed by atoms with Crippen molar-refractivity contribution in [3.05, 3.63) is 64.4 Å². The van der Waals surface area contributed by atoms with Gasteiger partial charge in [0.05, 0.1) is 21.8 Å². The van der Waals surface area contributed by atoms with Crippen LogP contribution in [0, 0.1) is 0 Å². The zero-order valence-corrected chi connectivity index (χ0v) is 18.3. The van der Waals surface area contributed by atoms with Gasteiger partial charge in [0, 0.05) is 11.6 Å². The Bertz CT molecular complexity index is 1160. The fourth-order valence-electron chi connectivity index (χ4n) is 3.13. The Morgan fingerprint density at radius 3 is 2.47 bits per heavy atom. The molecule has 0 saturated heterocycles. The molecule has 156 valence electrons. The summed E-state index contributed by atoms with van der Waals surface area (Å²) in [7, 11) is 0. The number of carbonyl (C=O) groups excluding carboxylic acids is 2. The van der Waals surface area contributed by atoms with Crippen molar-refractivity contribution >= 4 is 40.0 Å². The lowest BCUT2D eigenvalue weighted by Gasteiger charge is -2.20. The molecule has 1 aromatic heterocycles. The predicted molar refractivity (Wildman–Crippen MR) is 121 cm³/mol. The van der Waals surface area contributed by atoms with Crippen molar-refractivity contribution in [1.29, 1.82) is 0 Å². The van der Waals surface area contributed by atoms with E-state index in [2.05, 4.69) is 10.3 Å². The van der Waals surface area contributed by atoms with E-state index in [-0.39, 0.29) is 23.3 Å². The number of carbonyl (C=O) groups is 2. The molecule has 2 atom stereocenters. The standard InChI is InChI=1S/C23H25N3O3S/c1-5-14(2)26-22(29)18-11-7-9-13-20(18)25-23(26)30-16(4)21(28)24-19-12-8-6-10-17(19)15(3)27/h6-14,16H,5H2,1-4H3,(H,24,28)/t14-,16-/m1/s1. The summed E-state index contributed by atoms with van der Waals surface area (Å²) in [6.07, 6.45) is 0.764. The van der Waals surface area contributed by atoms with E-state index in [1.165, 1.54) is 18.7 Å². The highest BCUT2D eigenvalue weighted by Crippen LogP contribution is 2.27. The zero-order chi connectivity index (χ0) is 21.8. The summed E-state index contributed by atoms with van der Waals surface area (Å²) >= 11 is 1.24. The van der Waals surface area contributed by atoms with Gasteiger partial charge in [-0.1, -0.05) is 43.0 Å². The lowest BCUT2D eigenvalue weighted by atomic mass is 10.1. The van der Waals surface area contributed by atoms with E-state index in [1.807, 2.05) is 26.0 Å². The SMILES string of the molecule is CC[C@@H](C)n1c(S[C@H](C)C(=O)Nc2ccccc2C(C)=O)nc2ccccc2c1=O. The summed E-state index contributed by atoms with van der Waals surface area (Å²) in [6, 6.07) is 14.1. The van der Waals surface area contributed by atoms with Crippen LogP contribution < -0.4 is 10.9 Å². The molecule has 0 spiro atoms. The molecule has 1 amide bonds. The van der Waals surface area contributed by atoms with E-state index in [4.69, 9.17) is 0 Å². The molecule has 0 aliphatic rings. The number of nitrogens with one attached hydrogen (secondary N) is 1. The van der Waals surface area contributed by atoms with Crippen LogP contribution in [0.15, 0.2) is 58.5 Å². The molecule has 7 heteroatoms. The minimum Gasteiger partial charge on any atom is -0.324 e. The Morgan fingerprint density at radius 2 is 1.77 bits per heavy atom. The van der Waals surface area contributed by atoms with Crippen molar-refractivity contribution in [2.75, 3.05) is 5.32 Å². The second-order valence-electron chi connectivity index (χ2n) is 7.20. The average molecular weight is 424 g/mol. The second kappa shape index (κ2) is 9.26. The molecular formula is C23H25N3O3S. The maximum atomic E-state index is 13.1. The molecule has 0 aliphatic carbocycles. The van der Waals surface area contributed by atoms with Gasteiger partial charge < -0.3 is 5.32 Å². The molecule has 0 unspecified atom stereocenters. The molecular weight excluding hydrogens is 398 g/mol. The Labute approximate surface area is 179 Å². The summed E-state index contributed by atoms with van der Waals surface area (Å²) in [6.45, 7) is 7.21. The molecule has 2 aromatic carbocycles. The number of amides is 1. The van der Waals surface area contributed by atoms with Crippen molar-refractivity contribution < 1.29 is 9.59 Å². The van der Waals surface area contributed by atoms with Gasteiger partial charge in [0.2, 0.25) is 5.91 Å². The highest BCUT2D eigenvalue weighted by Gasteiger charge is 2.22. The molecule has 0 aliphatic heterocycles. The number of fused-ring (bicyclic) bond motifs is 1. The second-order valence-corrected chi connectivity index (χ2v) is 8.50. The quantitative estimate of drug-likeness (QED) is 0.339. The van der Waals surface area contributed by atoms with Gasteiger partial charge in [0.25, 0.3) is 5.56 Å². The third-order valence-corrected chi connectivity index (χ3v) is 6.09. The van der Waals surface area contributed by atoms with Gasteiger partial charge in [-0.25, -0.2) is 4.98 Å². The van der Waals surface area contributed by atoms with Crippen LogP contribution >= 0.6 is 11.8 Å². The number of anilines is 1. The summed E-state index contributed by atoms with van der Waals surface area (Å²) in [5, 5.41) is 3.38. The van der Waals surface area contributed by atoms with Crippen LogP contribution in [0.5, 0.6) is 0 Å². The van der Waals surface area contributed by atoms with E-state index in [0.717, 1.165) is 6.42 Å². The number of para-hydroxylation sites is 2. The first-order chi connectivity index (χ1) is 14.3. The molecule has 30 heavy (non-hydrogen) atoms. The maximum Gasteiger partial charge on any atom is 0.262 e. The monoisotopic (exact) mass is 423 g/mol. The number of Topliss-reactive ketones (excluding diaryl/α,β-unsaturated/α-hetero) is 1. The van der Waals surface area contributed by atoms with Crippen molar-refractivity contribution in [2.45, 2.75) is 50.6 Å². The van der Waals surface area contributed by atoms with E-state index >= 15 is 0 Å². The van der Waals surface area contributed by atoms with Crippen LogP contribution in [0.2, 0.25) is 0 Å². The van der Waals surface area contributed by atoms with Gasteiger partial charge >= 0.3 is 0 Å². The number of rotatable bonds is 7. The fraction of sp³-hybridized carbons (Fsp3) is 0.304. The Hall–Kier alpha value is -2.93. The van der Waals surface area contributed by atoms with E-state index in [1.54, 1.807) is 47.9 Å². The minimum atomic E-state index is -0.520. The predicted octanol–water partition coefficient (Wildman–Crippen LogP) is 4.69. The summed E-state index contributed by atoms with van der Waals surface area (Å²) in [4.78, 5) is 42.4. The Morgan fingerprint density at radius 1 is 1.10 bits per heavy atom. The first-order valence-corrected chi connectivity index (χ1v) is 10.8. The van der Waals surface area contributed by atoms with Crippen LogP contribution in [0.25, 0.3) is 10.9 Å². The van der Waals surface area contributed by atoms with Crippen molar-refractivity contribution in [2.24, 2.45) is 0 Å². The van der Waals surface area contributed by atoms with Crippen LogP contribution in [-0.2, 0) is 4.79 Å². The largest absolute Gasteiger partial charge is 0.324 e. The minimum absolute atomic E-state index is 0.0502. The third-order valence-electron chi connectivity index (χ3n) is 5.02. The number of aromatic nitrogens is 2. The number of hydrogen-bond acceptors (Lipinski definition) is 5. The molecule has 0 radical (unpaired) electrons. The fourth-order valence-corrected chi connectivity index (χ4v) is 4.13. The van der Waals surface area contributed by atoms with E-state index in [0.29, 0.717) is 27.3 Å². The number of thioether (sulfide) groups is 1. The first kappa shape index (κ1) is 21.8. The lowest BCUT2D eigenvalue weighted by molar-refractivity contribution is -0.115. The number of ketones is 1. The molecule has 3 aromatic rings. The van der Waals surface area contributed by atoms with E-state index < -0.39 is 5.25 Å². The smallest absolute Gasteiger partial charge is 0.262 e. The van der Waals surface area contributed by atoms with Crippen LogP contribution in [-0.4, -0.2) is 26.5 Å². The molecule has 3 rings (SSSR count). The van der Waals surface area contributed by atoms with Gasteiger partial charge in [-0.15, -0.1) is 0 Å². The van der Waals surface area contributed by atoms with Crippen LogP contribution in [0.1, 0.15) is 50.5 Å². The van der Waals surface area contributed by atoms with Gasteiger partial charge in [0.15, 0.2) is 10.9 Å². The molecule has 0 saturated carbocycles. The van der Waals surface area contributed by atoms with Crippen molar-refractivity contribution in [3.8, 4) is 0 Å². The molecule has 0 fully saturated rings. The van der Waals surface area contributed by atoms with Gasteiger partial charge in [-0.3, -0.25) is 19.0 Å². The first-order valence-electron chi connectivity index (χ1n) is 9.92. The average Bonchev–Trinajstić information content (AvgIpc) is 2.73. The van der Waals surface area contributed by atoms with E-state index in [9.17, 15) is 14.4 Å².